The summed E-state index contributed by atoms with van der Waals surface area (Å²) in [6.45, 7) is 1.08. The van der Waals surface area contributed by atoms with E-state index in [4.69, 9.17) is 9.68 Å². The second-order valence-corrected chi connectivity index (χ2v) is 7.42. The Balaban J connectivity index is 1.34. The molecule has 0 spiro atoms. The van der Waals surface area contributed by atoms with Gasteiger partial charge >= 0.3 is 0 Å². The van der Waals surface area contributed by atoms with Crippen molar-refractivity contribution >= 4 is 17.3 Å². The van der Waals surface area contributed by atoms with Gasteiger partial charge in [-0.2, -0.15) is 5.48 Å². The van der Waals surface area contributed by atoms with Crippen LogP contribution in [0.4, 0.5) is 26.1 Å². The Morgan fingerprint density at radius 1 is 1.03 bits per heavy atom. The summed E-state index contributed by atoms with van der Waals surface area (Å²) in [5.74, 6) is -0.712. The molecule has 0 amide bonds. The molecular weight excluding hydrogens is 404 g/mol. The molecule has 0 bridgehead atoms. The van der Waals surface area contributed by atoms with E-state index in [1.54, 1.807) is 12.1 Å². The second-order valence-electron chi connectivity index (χ2n) is 7.42. The van der Waals surface area contributed by atoms with Crippen LogP contribution < -0.4 is 15.9 Å². The van der Waals surface area contributed by atoms with Gasteiger partial charge in [0, 0.05) is 23.7 Å². The Labute approximate surface area is 177 Å². The van der Waals surface area contributed by atoms with Gasteiger partial charge in [-0.05, 0) is 30.2 Å². The van der Waals surface area contributed by atoms with Gasteiger partial charge in [-0.25, -0.2) is 23.8 Å². The lowest BCUT2D eigenvalue weighted by atomic mass is 10.0. The fraction of sp³-hybridized carbons (Fsp3) is 0.273. The summed E-state index contributed by atoms with van der Waals surface area (Å²) in [6.07, 6.45) is 2.87. The molecule has 0 radical (unpaired) electrons. The van der Waals surface area contributed by atoms with Crippen LogP contribution in [0, 0.1) is 11.6 Å². The first kappa shape index (κ1) is 19.8. The lowest BCUT2D eigenvalue weighted by Gasteiger charge is -2.24. The first-order valence-electron chi connectivity index (χ1n) is 10.1. The maximum Gasteiger partial charge on any atom is 0.164 e. The Kier molecular flexibility index (Phi) is 5.46. The summed E-state index contributed by atoms with van der Waals surface area (Å²) < 4.78 is 28.1. The first-order chi connectivity index (χ1) is 15.2. The summed E-state index contributed by atoms with van der Waals surface area (Å²) in [5.41, 5.74) is 5.25. The summed E-state index contributed by atoms with van der Waals surface area (Å²) in [6, 6.07) is 13.6. The Bertz CT molecular complexity index is 1060. The molecule has 5 rings (SSSR count). The number of hydroxylamine groups is 2. The van der Waals surface area contributed by atoms with Crippen molar-refractivity contribution in [2.24, 2.45) is 0 Å². The number of anilines is 3. The van der Waals surface area contributed by atoms with Crippen molar-refractivity contribution in [1.29, 1.82) is 0 Å². The monoisotopic (exact) mass is 425 g/mol. The van der Waals surface area contributed by atoms with Crippen LogP contribution in [0.3, 0.4) is 0 Å². The maximum atomic E-state index is 14.3. The van der Waals surface area contributed by atoms with E-state index < -0.39 is 17.7 Å². The Morgan fingerprint density at radius 3 is 2.71 bits per heavy atom. The maximum absolute atomic E-state index is 14.3. The normalized spacial score (nSPS) is 20.9. The van der Waals surface area contributed by atoms with Crippen molar-refractivity contribution in [3.05, 3.63) is 77.6 Å². The molecule has 0 saturated carbocycles. The molecule has 3 heterocycles. The van der Waals surface area contributed by atoms with Crippen LogP contribution in [0.25, 0.3) is 0 Å². The minimum atomic E-state index is -0.878. The predicted octanol–water partition coefficient (Wildman–Crippen LogP) is 4.35. The van der Waals surface area contributed by atoms with Crippen LogP contribution in [0.15, 0.2) is 54.9 Å². The van der Waals surface area contributed by atoms with Gasteiger partial charge in [-0.1, -0.05) is 24.3 Å². The summed E-state index contributed by atoms with van der Waals surface area (Å²) >= 11 is 0. The summed E-state index contributed by atoms with van der Waals surface area (Å²) in [4.78, 5) is 19.4. The van der Waals surface area contributed by atoms with E-state index in [9.17, 15) is 8.78 Å². The highest BCUT2D eigenvalue weighted by atomic mass is 19.2. The predicted molar refractivity (Wildman–Crippen MR) is 110 cm³/mol. The third-order valence-electron chi connectivity index (χ3n) is 5.44. The lowest BCUT2D eigenvalue weighted by molar-refractivity contribution is 0.0883. The van der Waals surface area contributed by atoms with Crippen molar-refractivity contribution in [3.8, 4) is 0 Å². The van der Waals surface area contributed by atoms with Crippen LogP contribution >= 0.6 is 0 Å². The molecule has 2 aliphatic rings. The van der Waals surface area contributed by atoms with E-state index in [0.717, 1.165) is 23.7 Å². The van der Waals surface area contributed by atoms with E-state index in [-0.39, 0.29) is 11.6 Å². The molecular formula is C22H21F2N5O2. The van der Waals surface area contributed by atoms with Gasteiger partial charge in [0.15, 0.2) is 17.5 Å². The van der Waals surface area contributed by atoms with E-state index in [0.29, 0.717) is 31.3 Å². The fourth-order valence-corrected chi connectivity index (χ4v) is 3.87. The third-order valence-corrected chi connectivity index (χ3v) is 5.44. The molecule has 0 aliphatic carbocycles. The number of hydrogen-bond donors (Lipinski definition) is 2. The van der Waals surface area contributed by atoms with Gasteiger partial charge in [-0.3, -0.25) is 4.84 Å². The number of nitrogens with one attached hydrogen (secondary N) is 2. The average molecular weight is 425 g/mol. The topological polar surface area (TPSA) is 71.5 Å². The molecule has 0 unspecified atom stereocenters. The standard InChI is InChI=1S/C22H21F2N5O2/c23-17-3-1-2-16(22(17)24)19-9-11-31-29(19)21-12-20(25-13-26-21)27-15-6-4-14(5-7-15)18-8-10-30-28-18/h1-7,12-13,18-19,28H,8-11H2,(H,25,26,27)/t18-,19-/m1/s1. The zero-order valence-corrected chi connectivity index (χ0v) is 16.6. The van der Waals surface area contributed by atoms with E-state index in [2.05, 4.69) is 20.8 Å². The third kappa shape index (κ3) is 4.07. The van der Waals surface area contributed by atoms with Crippen molar-refractivity contribution in [1.82, 2.24) is 15.4 Å². The van der Waals surface area contributed by atoms with Gasteiger partial charge in [0.2, 0.25) is 0 Å². The van der Waals surface area contributed by atoms with Gasteiger partial charge in [0.05, 0.1) is 25.3 Å². The molecule has 160 valence electrons. The molecule has 1 aromatic heterocycles. The van der Waals surface area contributed by atoms with Crippen molar-refractivity contribution < 1.29 is 18.5 Å². The molecule has 2 fully saturated rings. The van der Waals surface area contributed by atoms with E-state index in [1.165, 1.54) is 17.5 Å². The molecule has 31 heavy (non-hydrogen) atoms. The van der Waals surface area contributed by atoms with Gasteiger partial charge < -0.3 is 10.2 Å². The zero-order valence-electron chi connectivity index (χ0n) is 16.6. The summed E-state index contributed by atoms with van der Waals surface area (Å²) in [5, 5.41) is 4.76. The van der Waals surface area contributed by atoms with Crippen LogP contribution in [-0.2, 0) is 9.68 Å². The average Bonchev–Trinajstić information content (AvgIpc) is 3.49. The van der Waals surface area contributed by atoms with E-state index in [1.807, 2.05) is 24.3 Å². The highest BCUT2D eigenvalue weighted by Crippen LogP contribution is 2.36. The van der Waals surface area contributed by atoms with Crippen LogP contribution in [0.1, 0.15) is 36.1 Å². The van der Waals surface area contributed by atoms with Gasteiger partial charge in [-0.15, -0.1) is 0 Å². The molecule has 3 aromatic rings. The first-order valence-corrected chi connectivity index (χ1v) is 10.1. The number of nitrogens with zero attached hydrogens (tertiary/aromatic N) is 3. The highest BCUT2D eigenvalue weighted by Gasteiger charge is 2.32. The molecule has 7 nitrogen and oxygen atoms in total. The molecule has 9 heteroatoms. The lowest BCUT2D eigenvalue weighted by Crippen LogP contribution is -2.23. The molecule has 2 atom stereocenters. The minimum Gasteiger partial charge on any atom is -0.340 e. The van der Waals surface area contributed by atoms with Crippen molar-refractivity contribution in [3.63, 3.8) is 0 Å². The Morgan fingerprint density at radius 2 is 1.90 bits per heavy atom. The van der Waals surface area contributed by atoms with Crippen LogP contribution in [0.5, 0.6) is 0 Å². The van der Waals surface area contributed by atoms with Crippen LogP contribution in [-0.4, -0.2) is 23.2 Å². The minimum absolute atomic E-state index is 0.201. The second kappa shape index (κ2) is 8.54. The van der Waals surface area contributed by atoms with Crippen LogP contribution in [0.2, 0.25) is 0 Å². The number of hydrogen-bond acceptors (Lipinski definition) is 7. The van der Waals surface area contributed by atoms with Crippen molar-refractivity contribution in [2.45, 2.75) is 24.9 Å². The number of rotatable bonds is 5. The highest BCUT2D eigenvalue weighted by molar-refractivity contribution is 5.59. The summed E-state index contributed by atoms with van der Waals surface area (Å²) in [7, 11) is 0. The quantitative estimate of drug-likeness (QED) is 0.630. The SMILES string of the molecule is Fc1cccc([C@H]2CCON2c2cc(Nc3ccc([C@H]4CCON4)cc3)ncn2)c1F. The molecule has 2 saturated heterocycles. The number of halogens is 2. The van der Waals surface area contributed by atoms with Gasteiger partial charge in [0.25, 0.3) is 0 Å². The largest absolute Gasteiger partial charge is 0.340 e. The number of aromatic nitrogens is 2. The number of benzene rings is 2. The Hall–Kier alpha value is -3.14. The van der Waals surface area contributed by atoms with E-state index >= 15 is 0 Å². The zero-order chi connectivity index (χ0) is 21.2. The molecule has 2 aromatic carbocycles. The van der Waals surface area contributed by atoms with Crippen molar-refractivity contribution in [2.75, 3.05) is 23.6 Å². The van der Waals surface area contributed by atoms with Gasteiger partial charge in [0.1, 0.15) is 12.1 Å². The fourth-order valence-electron chi connectivity index (χ4n) is 3.87. The molecule has 2 N–H and O–H groups in total. The smallest absolute Gasteiger partial charge is 0.164 e. The molecule has 2 aliphatic heterocycles.